The molecule has 0 atom stereocenters. The first kappa shape index (κ1) is 16.8. The Labute approximate surface area is 148 Å². The first-order chi connectivity index (χ1) is 11.9. The number of aryl methyl sites for hydroxylation is 2. The molecule has 1 aromatic carbocycles. The van der Waals surface area contributed by atoms with Crippen molar-refractivity contribution < 1.29 is 0 Å². The van der Waals surface area contributed by atoms with E-state index in [4.69, 9.17) is 0 Å². The highest BCUT2D eigenvalue weighted by atomic mass is 32.1. The molecule has 0 aliphatic rings. The summed E-state index contributed by atoms with van der Waals surface area (Å²) < 4.78 is 0. The normalized spacial score (nSPS) is 10.8. The Balaban J connectivity index is 1.29. The summed E-state index contributed by atoms with van der Waals surface area (Å²) in [5, 5.41) is 10.8. The van der Waals surface area contributed by atoms with Gasteiger partial charge in [0.05, 0.1) is 10.6 Å². The summed E-state index contributed by atoms with van der Waals surface area (Å²) in [6, 6.07) is 19.1. The van der Waals surface area contributed by atoms with Gasteiger partial charge >= 0.3 is 0 Å². The number of aromatic nitrogens is 2. The molecule has 2 heterocycles. The molecule has 0 bridgehead atoms. The van der Waals surface area contributed by atoms with Crippen LogP contribution < -0.4 is 0 Å². The molecule has 0 amide bonds. The van der Waals surface area contributed by atoms with Crippen molar-refractivity contribution in [3.8, 4) is 10.6 Å². The minimum absolute atomic E-state index is 0.981. The Kier molecular flexibility index (Phi) is 6.55. The van der Waals surface area contributed by atoms with Gasteiger partial charge < -0.3 is 0 Å². The Morgan fingerprint density at radius 1 is 0.667 bits per heavy atom. The molecule has 0 saturated heterocycles. The summed E-state index contributed by atoms with van der Waals surface area (Å²) in [5.74, 6) is 0. The van der Waals surface area contributed by atoms with Crippen molar-refractivity contribution in [3.05, 3.63) is 71.2 Å². The van der Waals surface area contributed by atoms with Crippen LogP contribution in [-0.2, 0) is 12.8 Å². The maximum Gasteiger partial charge on any atom is 0.103 e. The average molecular weight is 337 g/mol. The van der Waals surface area contributed by atoms with E-state index in [0.717, 1.165) is 17.8 Å². The third-order valence-electron chi connectivity index (χ3n) is 4.23. The predicted molar refractivity (Wildman–Crippen MR) is 102 cm³/mol. The van der Waals surface area contributed by atoms with E-state index in [1.807, 2.05) is 6.07 Å². The van der Waals surface area contributed by atoms with Crippen LogP contribution in [0, 0.1) is 0 Å². The zero-order chi connectivity index (χ0) is 16.5. The molecule has 0 spiro atoms. The van der Waals surface area contributed by atoms with Crippen molar-refractivity contribution in [1.29, 1.82) is 0 Å². The van der Waals surface area contributed by atoms with Crippen molar-refractivity contribution in [3.63, 3.8) is 0 Å². The molecule has 0 radical (unpaired) electrons. The predicted octanol–water partition coefficient (Wildman–Crippen LogP) is 5.94. The lowest BCUT2D eigenvalue weighted by Gasteiger charge is -2.03. The lowest BCUT2D eigenvalue weighted by molar-refractivity contribution is 0.608. The van der Waals surface area contributed by atoms with Crippen LogP contribution in [0.3, 0.4) is 0 Å². The highest BCUT2D eigenvalue weighted by Crippen LogP contribution is 2.21. The quantitative estimate of drug-likeness (QED) is 0.452. The van der Waals surface area contributed by atoms with Crippen LogP contribution in [0.25, 0.3) is 10.6 Å². The monoisotopic (exact) mass is 336 g/mol. The molecule has 0 aliphatic heterocycles. The molecule has 3 rings (SSSR count). The van der Waals surface area contributed by atoms with Gasteiger partial charge in [-0.15, -0.1) is 16.4 Å². The maximum atomic E-state index is 4.36. The Bertz CT molecular complexity index is 690. The molecule has 2 nitrogen and oxygen atoms in total. The van der Waals surface area contributed by atoms with Gasteiger partial charge in [-0.25, -0.2) is 0 Å². The molecule has 0 aliphatic carbocycles. The van der Waals surface area contributed by atoms with Crippen molar-refractivity contribution in [2.45, 2.75) is 44.9 Å². The fourth-order valence-electron chi connectivity index (χ4n) is 2.86. The maximum absolute atomic E-state index is 4.36. The van der Waals surface area contributed by atoms with Gasteiger partial charge in [0.1, 0.15) is 5.69 Å². The van der Waals surface area contributed by atoms with E-state index in [2.05, 4.69) is 64.1 Å². The summed E-state index contributed by atoms with van der Waals surface area (Å²) in [5.41, 5.74) is 3.55. The molecular weight excluding hydrogens is 312 g/mol. The van der Waals surface area contributed by atoms with Crippen LogP contribution >= 0.6 is 11.3 Å². The fraction of sp³-hybridized carbons (Fsp3) is 0.333. The van der Waals surface area contributed by atoms with E-state index < -0.39 is 0 Å². The van der Waals surface area contributed by atoms with E-state index in [-0.39, 0.29) is 0 Å². The van der Waals surface area contributed by atoms with Gasteiger partial charge in [-0.2, -0.15) is 5.10 Å². The van der Waals surface area contributed by atoms with Crippen LogP contribution in [0.15, 0.2) is 60.0 Å². The molecule has 124 valence electrons. The minimum Gasteiger partial charge on any atom is -0.155 e. The molecule has 0 N–H and O–H groups in total. The lowest BCUT2D eigenvalue weighted by atomic mass is 10.0. The van der Waals surface area contributed by atoms with Crippen LogP contribution in [0.5, 0.6) is 0 Å². The number of hydrogen-bond acceptors (Lipinski definition) is 3. The van der Waals surface area contributed by atoms with Gasteiger partial charge in [-0.3, -0.25) is 0 Å². The number of rotatable bonds is 9. The molecule has 24 heavy (non-hydrogen) atoms. The van der Waals surface area contributed by atoms with E-state index in [9.17, 15) is 0 Å². The van der Waals surface area contributed by atoms with Crippen LogP contribution in [0.1, 0.15) is 43.4 Å². The topological polar surface area (TPSA) is 25.8 Å². The number of hydrogen-bond donors (Lipinski definition) is 0. The third kappa shape index (κ3) is 5.27. The van der Waals surface area contributed by atoms with Crippen LogP contribution in [0.4, 0.5) is 0 Å². The minimum atomic E-state index is 0.981. The highest BCUT2D eigenvalue weighted by Gasteiger charge is 2.02. The number of benzene rings is 1. The molecule has 3 heteroatoms. The van der Waals surface area contributed by atoms with Crippen LogP contribution in [-0.4, -0.2) is 10.2 Å². The summed E-state index contributed by atoms with van der Waals surface area (Å²) in [6.45, 7) is 0. The molecule has 2 aromatic heterocycles. The highest BCUT2D eigenvalue weighted by molar-refractivity contribution is 7.13. The van der Waals surface area contributed by atoms with Crippen molar-refractivity contribution in [2.24, 2.45) is 0 Å². The Morgan fingerprint density at radius 2 is 1.46 bits per heavy atom. The second-order valence-electron chi connectivity index (χ2n) is 6.14. The second kappa shape index (κ2) is 9.33. The van der Waals surface area contributed by atoms with E-state index in [1.165, 1.54) is 49.0 Å². The number of thiophene rings is 1. The molecule has 0 fully saturated rings. The summed E-state index contributed by atoms with van der Waals surface area (Å²) in [6.07, 6.45) is 8.65. The van der Waals surface area contributed by atoms with E-state index >= 15 is 0 Å². The summed E-state index contributed by atoms with van der Waals surface area (Å²) in [7, 11) is 0. The van der Waals surface area contributed by atoms with E-state index in [1.54, 1.807) is 11.3 Å². The first-order valence-corrected chi connectivity index (χ1v) is 9.70. The van der Waals surface area contributed by atoms with Crippen LogP contribution in [0.2, 0.25) is 0 Å². The molecule has 0 saturated carbocycles. The van der Waals surface area contributed by atoms with Gasteiger partial charge in [0.25, 0.3) is 0 Å². The zero-order valence-electron chi connectivity index (χ0n) is 14.0. The fourth-order valence-corrected chi connectivity index (χ4v) is 3.55. The molecule has 3 aromatic rings. The first-order valence-electron chi connectivity index (χ1n) is 8.82. The number of nitrogens with zero attached hydrogens (tertiary/aromatic N) is 2. The lowest BCUT2D eigenvalue weighted by Crippen LogP contribution is -1.94. The molecule has 0 unspecified atom stereocenters. The van der Waals surface area contributed by atoms with Gasteiger partial charge in [-0.05, 0) is 54.8 Å². The summed E-state index contributed by atoms with van der Waals surface area (Å²) in [4.78, 5) is 1.19. The number of unbranched alkanes of at least 4 members (excludes halogenated alkanes) is 4. The largest absolute Gasteiger partial charge is 0.155 e. The molecular formula is C21H24N2S. The van der Waals surface area contributed by atoms with Crippen molar-refractivity contribution in [1.82, 2.24) is 10.2 Å². The summed E-state index contributed by atoms with van der Waals surface area (Å²) >= 11 is 1.71. The Hall–Kier alpha value is -2.00. The standard InChI is InChI=1S/C21H24N2S/c1(2-5-10-18-11-6-4-7-12-18)3-8-13-19-15-16-20(23-22-19)21-14-9-17-24-21/h4,6-7,9,11-12,14-17H,1-3,5,8,10,13H2. The van der Waals surface area contributed by atoms with E-state index in [0.29, 0.717) is 0 Å². The SMILES string of the molecule is c1ccc(CCCCCCCc2ccc(-c3cccs3)nn2)cc1. The van der Waals surface area contributed by atoms with Gasteiger partial charge in [0, 0.05) is 0 Å². The average Bonchev–Trinajstić information content (AvgIpc) is 3.17. The van der Waals surface area contributed by atoms with Crippen molar-refractivity contribution >= 4 is 11.3 Å². The van der Waals surface area contributed by atoms with Gasteiger partial charge in [0.15, 0.2) is 0 Å². The third-order valence-corrected chi connectivity index (χ3v) is 5.13. The zero-order valence-corrected chi connectivity index (χ0v) is 14.8. The van der Waals surface area contributed by atoms with Gasteiger partial charge in [-0.1, -0.05) is 55.7 Å². The smallest absolute Gasteiger partial charge is 0.103 e. The second-order valence-corrected chi connectivity index (χ2v) is 7.09. The van der Waals surface area contributed by atoms with Gasteiger partial charge in [0.2, 0.25) is 0 Å². The van der Waals surface area contributed by atoms with Crippen molar-refractivity contribution in [2.75, 3.05) is 0 Å². The Morgan fingerprint density at radius 3 is 2.17 bits per heavy atom.